The van der Waals surface area contributed by atoms with Gasteiger partial charge >= 0.3 is 5.97 Å². The molecule has 2 aromatic carbocycles. The van der Waals surface area contributed by atoms with Crippen molar-refractivity contribution in [3.63, 3.8) is 0 Å². The fourth-order valence-electron chi connectivity index (χ4n) is 4.74. The molecule has 0 aliphatic carbocycles. The van der Waals surface area contributed by atoms with E-state index in [4.69, 9.17) is 9.47 Å². The molecule has 0 radical (unpaired) electrons. The lowest BCUT2D eigenvalue weighted by atomic mass is 9.83. The summed E-state index contributed by atoms with van der Waals surface area (Å²) in [5.74, 6) is -0.108. The zero-order chi connectivity index (χ0) is 23.2. The number of fused-ring (bicyclic) bond motifs is 2. The Labute approximate surface area is 189 Å². The van der Waals surface area contributed by atoms with Gasteiger partial charge in [0.1, 0.15) is 5.75 Å². The van der Waals surface area contributed by atoms with Gasteiger partial charge in [-0.2, -0.15) is 0 Å². The van der Waals surface area contributed by atoms with Gasteiger partial charge in [-0.05, 0) is 93.0 Å². The highest BCUT2D eigenvalue weighted by Gasteiger charge is 2.36. The van der Waals surface area contributed by atoms with Crippen LogP contribution in [0.1, 0.15) is 62.0 Å². The average Bonchev–Trinajstić information content (AvgIpc) is 2.73. The van der Waals surface area contributed by atoms with Crippen molar-refractivity contribution >= 4 is 17.6 Å². The maximum absolute atomic E-state index is 12.5. The Morgan fingerprint density at radius 3 is 2.62 bits per heavy atom. The molecule has 1 unspecified atom stereocenters. The van der Waals surface area contributed by atoms with Crippen LogP contribution >= 0.6 is 0 Å². The number of amides is 1. The molecule has 4 rings (SSSR count). The van der Waals surface area contributed by atoms with E-state index in [0.717, 1.165) is 58.7 Å². The summed E-state index contributed by atoms with van der Waals surface area (Å²) in [6, 6.07) is 8.08. The Balaban J connectivity index is 1.99. The van der Waals surface area contributed by atoms with E-state index in [1.807, 2.05) is 45.9 Å². The van der Waals surface area contributed by atoms with Gasteiger partial charge in [0.05, 0.1) is 12.2 Å². The second-order valence-corrected chi connectivity index (χ2v) is 9.66. The monoisotopic (exact) mass is 437 g/mol. The molecule has 2 aliphatic rings. The molecule has 6 heteroatoms. The normalized spacial score (nSPS) is 16.8. The molecule has 0 aromatic heterocycles. The number of carboxylic acid groups (broad SMARTS) is 1. The van der Waals surface area contributed by atoms with Crippen molar-refractivity contribution in [2.24, 2.45) is 0 Å². The summed E-state index contributed by atoms with van der Waals surface area (Å²) in [4.78, 5) is 26.5. The van der Waals surface area contributed by atoms with E-state index in [0.29, 0.717) is 18.4 Å². The number of hydrogen-bond acceptors (Lipinski definition) is 4. The number of carbonyl (C=O) groups is 2. The molecule has 1 atom stereocenters. The third-order valence-corrected chi connectivity index (χ3v) is 6.13. The SMILES string of the molecule is Cc1cc2c(c(C(OC(C)(C)C)C(=O)O)c1-c1ccc3c(c1)CCCO3)CCC(=O)N2C. The maximum atomic E-state index is 12.5. The van der Waals surface area contributed by atoms with Gasteiger partial charge in [0.15, 0.2) is 6.10 Å². The number of anilines is 1. The second-order valence-electron chi connectivity index (χ2n) is 9.66. The lowest BCUT2D eigenvalue weighted by molar-refractivity contribution is -0.160. The van der Waals surface area contributed by atoms with E-state index in [2.05, 4.69) is 6.07 Å². The highest BCUT2D eigenvalue weighted by atomic mass is 16.5. The van der Waals surface area contributed by atoms with Crippen molar-refractivity contribution in [3.05, 3.63) is 46.5 Å². The summed E-state index contributed by atoms with van der Waals surface area (Å²) in [7, 11) is 1.75. The predicted octanol–water partition coefficient (Wildman–Crippen LogP) is 4.84. The van der Waals surface area contributed by atoms with Crippen LogP contribution in [0.4, 0.5) is 5.69 Å². The summed E-state index contributed by atoms with van der Waals surface area (Å²) in [5.41, 5.74) is 5.51. The third-order valence-electron chi connectivity index (χ3n) is 6.13. The van der Waals surface area contributed by atoms with Gasteiger partial charge < -0.3 is 19.5 Å². The fraction of sp³-hybridized carbons (Fsp3) is 0.462. The highest BCUT2D eigenvalue weighted by Crippen LogP contribution is 2.44. The smallest absolute Gasteiger partial charge is 0.337 e. The first-order valence-electron chi connectivity index (χ1n) is 11.2. The molecule has 0 saturated heterocycles. The number of carbonyl (C=O) groups excluding carboxylic acids is 1. The molecule has 1 amide bonds. The van der Waals surface area contributed by atoms with E-state index in [9.17, 15) is 14.7 Å². The van der Waals surface area contributed by atoms with Crippen molar-refractivity contribution in [1.82, 2.24) is 0 Å². The first kappa shape index (κ1) is 22.3. The predicted molar refractivity (Wildman–Crippen MR) is 123 cm³/mol. The van der Waals surface area contributed by atoms with Gasteiger partial charge in [-0.25, -0.2) is 4.79 Å². The van der Waals surface area contributed by atoms with Crippen LogP contribution in [-0.4, -0.2) is 36.2 Å². The number of ether oxygens (including phenoxy) is 2. The van der Waals surface area contributed by atoms with Crippen LogP contribution in [0.3, 0.4) is 0 Å². The van der Waals surface area contributed by atoms with Gasteiger partial charge in [-0.15, -0.1) is 0 Å². The fourth-order valence-corrected chi connectivity index (χ4v) is 4.74. The molecule has 32 heavy (non-hydrogen) atoms. The molecular formula is C26H31NO5. The van der Waals surface area contributed by atoms with Crippen LogP contribution in [-0.2, 0) is 27.2 Å². The number of nitrogens with zero attached hydrogens (tertiary/aromatic N) is 1. The van der Waals surface area contributed by atoms with Crippen LogP contribution in [0.25, 0.3) is 11.1 Å². The summed E-state index contributed by atoms with van der Waals surface area (Å²) in [5, 5.41) is 10.2. The Morgan fingerprint density at radius 2 is 1.94 bits per heavy atom. The maximum Gasteiger partial charge on any atom is 0.337 e. The Hall–Kier alpha value is -2.86. The molecule has 0 fully saturated rings. The quantitative estimate of drug-likeness (QED) is 0.741. The molecule has 2 aromatic rings. The van der Waals surface area contributed by atoms with Gasteiger partial charge in [0.25, 0.3) is 0 Å². The minimum Gasteiger partial charge on any atom is -0.493 e. The summed E-state index contributed by atoms with van der Waals surface area (Å²) in [6.07, 6.45) is 1.59. The molecule has 0 saturated carbocycles. The second kappa shape index (κ2) is 8.24. The zero-order valence-electron chi connectivity index (χ0n) is 19.4. The van der Waals surface area contributed by atoms with Crippen molar-refractivity contribution in [3.8, 4) is 16.9 Å². The van der Waals surface area contributed by atoms with Crippen LogP contribution in [0.2, 0.25) is 0 Å². The first-order valence-corrected chi connectivity index (χ1v) is 11.2. The number of benzene rings is 2. The van der Waals surface area contributed by atoms with Crippen LogP contribution in [0.15, 0.2) is 24.3 Å². The van der Waals surface area contributed by atoms with E-state index in [1.165, 1.54) is 0 Å². The third kappa shape index (κ3) is 4.11. The van der Waals surface area contributed by atoms with Crippen LogP contribution in [0, 0.1) is 6.92 Å². The number of aliphatic carboxylic acids is 1. The number of rotatable bonds is 4. The Bertz CT molecular complexity index is 1080. The van der Waals surface area contributed by atoms with Crippen molar-refractivity contribution < 1.29 is 24.2 Å². The first-order chi connectivity index (χ1) is 15.1. The van der Waals surface area contributed by atoms with E-state index >= 15 is 0 Å². The van der Waals surface area contributed by atoms with Crippen molar-refractivity contribution in [2.75, 3.05) is 18.6 Å². The summed E-state index contributed by atoms with van der Waals surface area (Å²) in [6.45, 7) is 8.26. The number of hydrogen-bond donors (Lipinski definition) is 1. The van der Waals surface area contributed by atoms with Gasteiger partial charge in [-0.1, -0.05) is 6.07 Å². The van der Waals surface area contributed by atoms with E-state index < -0.39 is 17.7 Å². The highest BCUT2D eigenvalue weighted by molar-refractivity contribution is 5.98. The molecule has 170 valence electrons. The van der Waals surface area contributed by atoms with Crippen molar-refractivity contribution in [2.45, 2.75) is 65.1 Å². The molecule has 2 aliphatic heterocycles. The van der Waals surface area contributed by atoms with Crippen LogP contribution < -0.4 is 9.64 Å². The molecule has 0 spiro atoms. The molecule has 0 bridgehead atoms. The molecular weight excluding hydrogens is 406 g/mol. The topological polar surface area (TPSA) is 76.1 Å². The lowest BCUT2D eigenvalue weighted by Crippen LogP contribution is -2.34. The lowest BCUT2D eigenvalue weighted by Gasteiger charge is -2.34. The van der Waals surface area contributed by atoms with Gasteiger partial charge in [-0.3, -0.25) is 4.79 Å². The minimum absolute atomic E-state index is 0.0325. The van der Waals surface area contributed by atoms with Crippen molar-refractivity contribution in [1.29, 1.82) is 0 Å². The Morgan fingerprint density at radius 1 is 1.19 bits per heavy atom. The zero-order valence-corrected chi connectivity index (χ0v) is 19.4. The molecule has 2 heterocycles. The summed E-state index contributed by atoms with van der Waals surface area (Å²) >= 11 is 0. The van der Waals surface area contributed by atoms with Gasteiger partial charge in [0, 0.05) is 24.7 Å². The minimum atomic E-state index is -1.15. The van der Waals surface area contributed by atoms with E-state index in [-0.39, 0.29) is 5.91 Å². The van der Waals surface area contributed by atoms with Gasteiger partial charge in [0.2, 0.25) is 5.91 Å². The number of aryl methyl sites for hydroxylation is 2. The molecule has 1 N–H and O–H groups in total. The average molecular weight is 438 g/mol. The standard InChI is InChI=1S/C26H31NO5/c1-15-13-19-18(9-11-21(28)27(19)5)23(24(25(29)30)32-26(2,3)4)22(15)17-8-10-20-16(14-17)7-6-12-31-20/h8,10,13-14,24H,6-7,9,11-12H2,1-5H3,(H,29,30). The van der Waals surface area contributed by atoms with E-state index in [1.54, 1.807) is 11.9 Å². The number of carboxylic acids is 1. The largest absolute Gasteiger partial charge is 0.493 e. The summed E-state index contributed by atoms with van der Waals surface area (Å²) < 4.78 is 11.9. The molecule has 6 nitrogen and oxygen atoms in total. The Kier molecular flexibility index (Phi) is 5.76. The van der Waals surface area contributed by atoms with Crippen LogP contribution in [0.5, 0.6) is 5.75 Å².